The molecule has 1 atom stereocenters. The number of benzene rings is 1. The number of aldehydes is 1. The first-order valence-corrected chi connectivity index (χ1v) is 6.26. The first kappa shape index (κ1) is 14.2. The van der Waals surface area contributed by atoms with E-state index in [0.717, 1.165) is 10.8 Å². The van der Waals surface area contributed by atoms with Crippen molar-refractivity contribution >= 4 is 22.2 Å². The van der Waals surface area contributed by atoms with Gasteiger partial charge in [-0.2, -0.15) is 0 Å². The largest absolute Gasteiger partial charge is 0.491 e. The van der Waals surface area contributed by atoms with Crippen LogP contribution in [0.1, 0.15) is 31.1 Å². The fourth-order valence-electron chi connectivity index (χ4n) is 1.10. The van der Waals surface area contributed by atoms with Crippen molar-refractivity contribution in [2.45, 2.75) is 26.4 Å². The molecule has 0 fully saturated rings. The van der Waals surface area contributed by atoms with Crippen molar-refractivity contribution in [3.8, 4) is 5.75 Å². The fraction of sp³-hybridized carbons (Fsp3) is 0.462. The number of ether oxygens (including phenoxy) is 1. The average Bonchev–Trinajstić information content (AvgIpc) is 2.28. The third-order valence-corrected chi connectivity index (χ3v) is 3.59. The number of halogens is 1. The summed E-state index contributed by atoms with van der Waals surface area (Å²) in [6.07, 6.45) is 0.761. The van der Waals surface area contributed by atoms with Gasteiger partial charge >= 0.3 is 0 Å². The van der Waals surface area contributed by atoms with Crippen molar-refractivity contribution in [3.05, 3.63) is 28.2 Å². The minimum absolute atomic E-state index is 0.100. The summed E-state index contributed by atoms with van der Waals surface area (Å²) in [5, 5.41) is 10.0. The van der Waals surface area contributed by atoms with Crippen LogP contribution in [0.25, 0.3) is 0 Å². The third kappa shape index (κ3) is 3.82. The number of hydrogen-bond donors (Lipinski definition) is 1. The van der Waals surface area contributed by atoms with Gasteiger partial charge in [0.1, 0.15) is 12.4 Å². The minimum atomic E-state index is -0.881. The zero-order valence-electron chi connectivity index (χ0n) is 10.2. The quantitative estimate of drug-likeness (QED) is 0.850. The topological polar surface area (TPSA) is 46.5 Å². The lowest BCUT2D eigenvalue weighted by Gasteiger charge is -2.27. The molecular formula is C13H17BrO3. The Kier molecular flexibility index (Phi) is 4.71. The molecule has 0 aromatic heterocycles. The summed E-state index contributed by atoms with van der Waals surface area (Å²) in [6.45, 7) is 5.80. The van der Waals surface area contributed by atoms with Crippen LogP contribution in [-0.2, 0) is 0 Å². The molecule has 1 N–H and O–H groups in total. The smallest absolute Gasteiger partial charge is 0.151 e. The fourth-order valence-corrected chi connectivity index (χ4v) is 1.44. The monoisotopic (exact) mass is 300 g/mol. The van der Waals surface area contributed by atoms with Crippen LogP contribution in [0, 0.1) is 5.92 Å². The van der Waals surface area contributed by atoms with Gasteiger partial charge in [0.2, 0.25) is 0 Å². The Morgan fingerprint density at radius 2 is 2.18 bits per heavy atom. The van der Waals surface area contributed by atoms with Crippen LogP contribution in [0.3, 0.4) is 0 Å². The van der Waals surface area contributed by atoms with Crippen LogP contribution in [0.5, 0.6) is 5.75 Å². The Morgan fingerprint density at radius 1 is 1.53 bits per heavy atom. The maximum Gasteiger partial charge on any atom is 0.151 e. The molecule has 4 heteroatoms. The summed E-state index contributed by atoms with van der Waals surface area (Å²) < 4.78 is 6.23. The first-order valence-electron chi connectivity index (χ1n) is 5.46. The molecule has 1 aromatic rings. The van der Waals surface area contributed by atoms with Gasteiger partial charge in [0.15, 0.2) is 6.29 Å². The predicted molar refractivity (Wildman–Crippen MR) is 70.5 cm³/mol. The Hall–Kier alpha value is -0.870. The van der Waals surface area contributed by atoms with Crippen LogP contribution >= 0.6 is 15.9 Å². The van der Waals surface area contributed by atoms with E-state index in [4.69, 9.17) is 4.74 Å². The van der Waals surface area contributed by atoms with Gasteiger partial charge in [-0.05, 0) is 31.0 Å². The molecule has 0 radical (unpaired) electrons. The molecule has 0 bridgehead atoms. The second-order valence-corrected chi connectivity index (χ2v) is 5.46. The van der Waals surface area contributed by atoms with Crippen LogP contribution in [0.2, 0.25) is 0 Å². The molecule has 0 amide bonds. The highest BCUT2D eigenvalue weighted by molar-refractivity contribution is 9.10. The lowest BCUT2D eigenvalue weighted by Crippen LogP contribution is -2.37. The summed E-state index contributed by atoms with van der Waals surface area (Å²) in [7, 11) is 0. The van der Waals surface area contributed by atoms with E-state index in [0.29, 0.717) is 11.3 Å². The van der Waals surface area contributed by atoms with Gasteiger partial charge in [-0.25, -0.2) is 0 Å². The molecule has 94 valence electrons. The van der Waals surface area contributed by atoms with Crippen molar-refractivity contribution in [2.75, 3.05) is 6.61 Å². The maximum atomic E-state index is 10.8. The second kappa shape index (κ2) is 5.65. The molecule has 1 aromatic carbocycles. The van der Waals surface area contributed by atoms with Gasteiger partial charge in [-0.3, -0.25) is 4.79 Å². The Bertz CT molecular complexity index is 400. The minimum Gasteiger partial charge on any atom is -0.491 e. The van der Waals surface area contributed by atoms with E-state index in [2.05, 4.69) is 15.9 Å². The molecule has 0 heterocycles. The second-order valence-electron chi connectivity index (χ2n) is 4.60. The summed E-state index contributed by atoms with van der Waals surface area (Å²) in [4.78, 5) is 10.8. The normalized spacial score (nSPS) is 14.5. The van der Waals surface area contributed by atoms with Gasteiger partial charge in [0.05, 0.1) is 5.60 Å². The van der Waals surface area contributed by atoms with Crippen molar-refractivity contribution in [1.29, 1.82) is 0 Å². The first-order chi connectivity index (χ1) is 7.86. The zero-order chi connectivity index (χ0) is 13.1. The van der Waals surface area contributed by atoms with Gasteiger partial charge in [-0.1, -0.05) is 29.8 Å². The lowest BCUT2D eigenvalue weighted by molar-refractivity contribution is -0.0266. The van der Waals surface area contributed by atoms with Crippen molar-refractivity contribution in [2.24, 2.45) is 5.92 Å². The number of hydrogen-bond acceptors (Lipinski definition) is 3. The Morgan fingerprint density at radius 3 is 2.71 bits per heavy atom. The number of rotatable bonds is 5. The molecule has 0 aliphatic carbocycles. The van der Waals surface area contributed by atoms with E-state index in [1.165, 1.54) is 0 Å². The van der Waals surface area contributed by atoms with Crippen LogP contribution < -0.4 is 4.74 Å². The van der Waals surface area contributed by atoms with E-state index < -0.39 is 5.60 Å². The number of aliphatic hydroxyl groups is 1. The Labute approximate surface area is 110 Å². The molecular weight excluding hydrogens is 284 g/mol. The number of carbonyl (C=O) groups excluding carboxylic acids is 1. The molecule has 3 nitrogen and oxygen atoms in total. The molecule has 1 rings (SSSR count). The van der Waals surface area contributed by atoms with E-state index in [9.17, 15) is 9.90 Å². The third-order valence-electron chi connectivity index (χ3n) is 2.87. The highest BCUT2D eigenvalue weighted by atomic mass is 79.9. The van der Waals surface area contributed by atoms with Gasteiger partial charge in [-0.15, -0.1) is 0 Å². The maximum absolute atomic E-state index is 10.8. The SMILES string of the molecule is CC(C)C(C)(O)COc1ccc(Br)c(C=O)c1. The summed E-state index contributed by atoms with van der Waals surface area (Å²) in [6, 6.07) is 5.16. The molecule has 0 aliphatic heterocycles. The van der Waals surface area contributed by atoms with E-state index in [-0.39, 0.29) is 12.5 Å². The van der Waals surface area contributed by atoms with Gasteiger partial charge < -0.3 is 9.84 Å². The highest BCUT2D eigenvalue weighted by Gasteiger charge is 2.25. The molecule has 17 heavy (non-hydrogen) atoms. The molecule has 0 aliphatic rings. The van der Waals surface area contributed by atoms with Crippen LogP contribution in [0.15, 0.2) is 22.7 Å². The standard InChI is InChI=1S/C13H17BrO3/c1-9(2)13(3,16)8-17-11-4-5-12(14)10(6-11)7-15/h4-7,9,16H,8H2,1-3H3. The van der Waals surface area contributed by atoms with Crippen molar-refractivity contribution in [1.82, 2.24) is 0 Å². The van der Waals surface area contributed by atoms with E-state index in [1.807, 2.05) is 13.8 Å². The summed E-state index contributed by atoms with van der Waals surface area (Å²) in [5.41, 5.74) is -0.347. The highest BCUT2D eigenvalue weighted by Crippen LogP contribution is 2.23. The van der Waals surface area contributed by atoms with Crippen molar-refractivity contribution in [3.63, 3.8) is 0 Å². The lowest BCUT2D eigenvalue weighted by atomic mass is 9.94. The molecule has 1 unspecified atom stereocenters. The molecule has 0 saturated heterocycles. The van der Waals surface area contributed by atoms with Crippen LogP contribution in [0.4, 0.5) is 0 Å². The Balaban J connectivity index is 2.73. The predicted octanol–water partition coefficient (Wildman–Crippen LogP) is 3.05. The van der Waals surface area contributed by atoms with E-state index >= 15 is 0 Å². The van der Waals surface area contributed by atoms with E-state index in [1.54, 1.807) is 25.1 Å². The summed E-state index contributed by atoms with van der Waals surface area (Å²) in [5.74, 6) is 0.680. The van der Waals surface area contributed by atoms with Gasteiger partial charge in [0.25, 0.3) is 0 Å². The zero-order valence-corrected chi connectivity index (χ0v) is 11.8. The van der Waals surface area contributed by atoms with Crippen LogP contribution in [-0.4, -0.2) is 23.6 Å². The van der Waals surface area contributed by atoms with Crippen molar-refractivity contribution < 1.29 is 14.6 Å². The average molecular weight is 301 g/mol. The number of carbonyl (C=O) groups is 1. The molecule has 0 spiro atoms. The van der Waals surface area contributed by atoms with Gasteiger partial charge in [0, 0.05) is 10.0 Å². The summed E-state index contributed by atoms with van der Waals surface area (Å²) >= 11 is 3.27. The molecule has 0 saturated carbocycles.